The average molecular weight is 485 g/mol. The minimum absolute atomic E-state index is 0.158. The van der Waals surface area contributed by atoms with Crippen molar-refractivity contribution in [1.82, 2.24) is 19.5 Å². The number of ether oxygens (including phenoxy) is 1. The lowest BCUT2D eigenvalue weighted by molar-refractivity contribution is -0.137. The predicted molar refractivity (Wildman–Crippen MR) is 119 cm³/mol. The van der Waals surface area contributed by atoms with Gasteiger partial charge in [0.15, 0.2) is 0 Å². The monoisotopic (exact) mass is 485 g/mol. The van der Waals surface area contributed by atoms with Crippen molar-refractivity contribution in [1.29, 1.82) is 0 Å². The Morgan fingerprint density at radius 2 is 1.91 bits per heavy atom. The van der Waals surface area contributed by atoms with Crippen molar-refractivity contribution in [2.45, 2.75) is 19.1 Å². The fraction of sp³-hybridized carbons (Fsp3) is 0.167. The van der Waals surface area contributed by atoms with Crippen molar-refractivity contribution in [3.63, 3.8) is 0 Å². The van der Waals surface area contributed by atoms with Crippen molar-refractivity contribution in [3.05, 3.63) is 90.2 Å². The number of imidazole rings is 1. The van der Waals surface area contributed by atoms with Crippen LogP contribution in [0.15, 0.2) is 67.5 Å². The summed E-state index contributed by atoms with van der Waals surface area (Å²) in [5.41, 5.74) is 1.81. The Morgan fingerprint density at radius 1 is 1.14 bits per heavy atom. The Labute approximate surface area is 197 Å². The number of benzene rings is 2. The Hall–Kier alpha value is -4.28. The zero-order valence-corrected chi connectivity index (χ0v) is 18.3. The summed E-state index contributed by atoms with van der Waals surface area (Å²) >= 11 is 0. The van der Waals surface area contributed by atoms with Crippen LogP contribution in [-0.4, -0.2) is 32.6 Å². The SMILES string of the molecule is Cc1cn(-c2ccc(NC(COC=O)c3cncnc3-c3ccc(C(F)(F)F)cc3)cc2F)cn1. The van der Waals surface area contributed by atoms with Crippen molar-refractivity contribution in [2.24, 2.45) is 0 Å². The first kappa shape index (κ1) is 23.9. The highest BCUT2D eigenvalue weighted by molar-refractivity contribution is 5.65. The lowest BCUT2D eigenvalue weighted by Crippen LogP contribution is -2.19. The highest BCUT2D eigenvalue weighted by Crippen LogP contribution is 2.33. The summed E-state index contributed by atoms with van der Waals surface area (Å²) < 4.78 is 60.2. The molecule has 2 aromatic heterocycles. The summed E-state index contributed by atoms with van der Waals surface area (Å²) in [6, 6.07) is 8.27. The number of alkyl halides is 3. The zero-order valence-electron chi connectivity index (χ0n) is 18.3. The van der Waals surface area contributed by atoms with Gasteiger partial charge in [-0.05, 0) is 37.3 Å². The standard InChI is InChI=1S/C24H19F4N5O2/c1-15-10-33(13-31-15)22-7-6-18(8-20(22)25)32-21(11-35-14-34)19-9-29-12-30-23(19)16-2-4-17(5-3-16)24(26,27)28/h2-10,12-14,21,32H,11H2,1H3. The Kier molecular flexibility index (Phi) is 6.76. The molecular formula is C24H19F4N5O2. The molecule has 0 aliphatic rings. The molecule has 0 saturated carbocycles. The minimum atomic E-state index is -4.47. The fourth-order valence-electron chi connectivity index (χ4n) is 3.56. The molecule has 0 bridgehead atoms. The number of nitrogens with one attached hydrogen (secondary N) is 1. The molecule has 2 aromatic carbocycles. The first-order valence-electron chi connectivity index (χ1n) is 10.4. The number of hydrogen-bond donors (Lipinski definition) is 1. The van der Waals surface area contributed by atoms with Crippen LogP contribution in [0.1, 0.15) is 22.9 Å². The van der Waals surface area contributed by atoms with Gasteiger partial charge in [0.25, 0.3) is 6.47 Å². The molecule has 0 amide bonds. The third-order valence-electron chi connectivity index (χ3n) is 5.21. The van der Waals surface area contributed by atoms with Crippen LogP contribution >= 0.6 is 0 Å². The molecule has 180 valence electrons. The number of rotatable bonds is 8. The highest BCUT2D eigenvalue weighted by atomic mass is 19.4. The van der Waals surface area contributed by atoms with Crippen LogP contribution in [0.25, 0.3) is 16.9 Å². The summed E-state index contributed by atoms with van der Waals surface area (Å²) in [6.45, 7) is 1.90. The molecule has 0 radical (unpaired) electrons. The Bertz CT molecular complexity index is 1320. The number of halogens is 4. The molecule has 4 rings (SSSR count). The van der Waals surface area contributed by atoms with Gasteiger partial charge in [-0.1, -0.05) is 12.1 Å². The summed E-state index contributed by atoms with van der Waals surface area (Å²) in [6.07, 6.45) is 1.43. The minimum Gasteiger partial charge on any atom is -0.465 e. The van der Waals surface area contributed by atoms with Gasteiger partial charge >= 0.3 is 6.18 Å². The van der Waals surface area contributed by atoms with E-state index in [-0.39, 0.29) is 13.1 Å². The molecule has 0 fully saturated rings. The van der Waals surface area contributed by atoms with Gasteiger partial charge in [0.2, 0.25) is 0 Å². The second-order valence-electron chi connectivity index (χ2n) is 7.62. The second kappa shape index (κ2) is 9.92. The lowest BCUT2D eigenvalue weighted by atomic mass is 10.0. The maximum atomic E-state index is 14.8. The van der Waals surface area contributed by atoms with Gasteiger partial charge in [-0.15, -0.1) is 0 Å². The molecule has 35 heavy (non-hydrogen) atoms. The van der Waals surface area contributed by atoms with E-state index in [1.165, 1.54) is 37.1 Å². The van der Waals surface area contributed by atoms with Crippen LogP contribution in [0.3, 0.4) is 0 Å². The van der Waals surface area contributed by atoms with Crippen LogP contribution < -0.4 is 5.32 Å². The molecule has 1 N–H and O–H groups in total. The fourth-order valence-corrected chi connectivity index (χ4v) is 3.56. The van der Waals surface area contributed by atoms with E-state index in [9.17, 15) is 22.4 Å². The molecule has 2 heterocycles. The molecule has 0 saturated heterocycles. The molecule has 11 heteroatoms. The molecular weight excluding hydrogens is 466 g/mol. The molecule has 1 atom stereocenters. The van der Waals surface area contributed by atoms with Gasteiger partial charge in [0.05, 0.1) is 35.0 Å². The molecule has 7 nitrogen and oxygen atoms in total. The molecule has 1 unspecified atom stereocenters. The number of aromatic nitrogens is 4. The Balaban J connectivity index is 1.66. The molecule has 0 spiro atoms. The number of aryl methyl sites for hydroxylation is 1. The molecule has 0 aliphatic carbocycles. The normalized spacial score (nSPS) is 12.3. The summed E-state index contributed by atoms with van der Waals surface area (Å²) in [4.78, 5) is 23.2. The van der Waals surface area contributed by atoms with Crippen molar-refractivity contribution in [2.75, 3.05) is 11.9 Å². The van der Waals surface area contributed by atoms with Gasteiger partial charge < -0.3 is 14.6 Å². The average Bonchev–Trinajstić information content (AvgIpc) is 3.27. The topological polar surface area (TPSA) is 81.9 Å². The summed E-state index contributed by atoms with van der Waals surface area (Å²) in [5.74, 6) is -0.519. The smallest absolute Gasteiger partial charge is 0.416 e. The van der Waals surface area contributed by atoms with E-state index in [1.54, 1.807) is 29.8 Å². The van der Waals surface area contributed by atoms with Gasteiger partial charge in [-0.3, -0.25) is 4.79 Å². The quantitative estimate of drug-likeness (QED) is 0.276. The van der Waals surface area contributed by atoms with Crippen LogP contribution in [0.2, 0.25) is 0 Å². The Morgan fingerprint density at radius 3 is 2.54 bits per heavy atom. The van der Waals surface area contributed by atoms with Crippen molar-refractivity contribution < 1.29 is 27.1 Å². The van der Waals surface area contributed by atoms with Gasteiger partial charge in [-0.25, -0.2) is 19.3 Å². The first-order valence-corrected chi connectivity index (χ1v) is 10.4. The van der Waals surface area contributed by atoms with Crippen LogP contribution in [-0.2, 0) is 15.7 Å². The van der Waals surface area contributed by atoms with E-state index in [4.69, 9.17) is 4.74 Å². The van der Waals surface area contributed by atoms with E-state index < -0.39 is 23.6 Å². The number of hydrogen-bond acceptors (Lipinski definition) is 6. The zero-order chi connectivity index (χ0) is 25.0. The maximum absolute atomic E-state index is 14.8. The third kappa shape index (κ3) is 5.45. The van der Waals surface area contributed by atoms with Gasteiger partial charge in [-0.2, -0.15) is 13.2 Å². The molecule has 4 aromatic rings. The largest absolute Gasteiger partial charge is 0.465 e. The van der Waals surface area contributed by atoms with E-state index in [2.05, 4.69) is 20.3 Å². The second-order valence-corrected chi connectivity index (χ2v) is 7.62. The predicted octanol–water partition coefficient (Wildman–Crippen LogP) is 5.12. The lowest BCUT2D eigenvalue weighted by Gasteiger charge is -2.22. The summed E-state index contributed by atoms with van der Waals surface area (Å²) in [7, 11) is 0. The maximum Gasteiger partial charge on any atom is 0.416 e. The number of anilines is 1. The number of nitrogens with zero attached hydrogens (tertiary/aromatic N) is 4. The van der Waals surface area contributed by atoms with E-state index in [0.717, 1.165) is 17.8 Å². The van der Waals surface area contributed by atoms with Gasteiger partial charge in [0, 0.05) is 29.2 Å². The van der Waals surface area contributed by atoms with E-state index in [1.807, 2.05) is 0 Å². The van der Waals surface area contributed by atoms with Crippen molar-refractivity contribution in [3.8, 4) is 16.9 Å². The number of carbonyl (C=O) groups is 1. The van der Waals surface area contributed by atoms with Crippen LogP contribution in [0.5, 0.6) is 0 Å². The van der Waals surface area contributed by atoms with E-state index in [0.29, 0.717) is 28.2 Å². The first-order chi connectivity index (χ1) is 16.8. The van der Waals surface area contributed by atoms with Gasteiger partial charge in [0.1, 0.15) is 18.8 Å². The van der Waals surface area contributed by atoms with Crippen molar-refractivity contribution >= 4 is 12.2 Å². The highest BCUT2D eigenvalue weighted by Gasteiger charge is 2.30. The van der Waals surface area contributed by atoms with Crippen LogP contribution in [0, 0.1) is 12.7 Å². The third-order valence-corrected chi connectivity index (χ3v) is 5.21. The summed E-state index contributed by atoms with van der Waals surface area (Å²) in [5, 5.41) is 3.09. The molecule has 0 aliphatic heterocycles. The number of carbonyl (C=O) groups excluding carboxylic acids is 1. The van der Waals surface area contributed by atoms with Crippen LogP contribution in [0.4, 0.5) is 23.2 Å². The van der Waals surface area contributed by atoms with E-state index >= 15 is 0 Å².